The highest BCUT2D eigenvalue weighted by atomic mass is 19.3. The maximum absolute atomic E-state index is 12.8. The smallest absolute Gasteiger partial charge is 0.314 e. The van der Waals surface area contributed by atoms with Gasteiger partial charge in [0.05, 0.1) is 29.0 Å². The molecule has 38 heavy (non-hydrogen) atoms. The minimum atomic E-state index is -2.85. The van der Waals surface area contributed by atoms with Crippen LogP contribution in [0.3, 0.4) is 0 Å². The zero-order valence-electron chi connectivity index (χ0n) is 20.2. The number of halogens is 2. The summed E-state index contributed by atoms with van der Waals surface area (Å²) in [5.74, 6) is -0.506. The number of fused-ring (bicyclic) bond motifs is 1. The molecule has 1 unspecified atom stereocenters. The summed E-state index contributed by atoms with van der Waals surface area (Å²) in [7, 11) is 0. The van der Waals surface area contributed by atoms with Crippen LogP contribution in [0.15, 0.2) is 65.6 Å². The molecule has 1 aliphatic heterocycles. The molecule has 0 radical (unpaired) electrons. The molecule has 3 aromatic heterocycles. The lowest BCUT2D eigenvalue weighted by molar-refractivity contribution is 0.116. The van der Waals surface area contributed by atoms with Crippen LogP contribution in [0, 0.1) is 0 Å². The van der Waals surface area contributed by atoms with Crippen LogP contribution < -0.4 is 5.32 Å². The Kier molecular flexibility index (Phi) is 6.48. The molecule has 1 aliphatic rings. The molecule has 6 rings (SSSR count). The van der Waals surface area contributed by atoms with Crippen LogP contribution in [0.5, 0.6) is 0 Å². The summed E-state index contributed by atoms with van der Waals surface area (Å²) in [5, 5.41) is 20.1. The monoisotopic (exact) mass is 518 g/mol. The number of hydrogen-bond donors (Lipinski definition) is 2. The first-order valence-corrected chi connectivity index (χ1v) is 12.2. The fourth-order valence-corrected chi connectivity index (χ4v) is 4.59. The summed E-state index contributed by atoms with van der Waals surface area (Å²) in [5.41, 5.74) is 4.92. The largest absolute Gasteiger partial charge is 0.415 e. The van der Waals surface area contributed by atoms with Gasteiger partial charge in [-0.1, -0.05) is 30.3 Å². The minimum absolute atomic E-state index is 0.0749. The highest BCUT2D eigenvalue weighted by Gasteiger charge is 2.21. The molecule has 1 atom stereocenters. The van der Waals surface area contributed by atoms with Gasteiger partial charge in [-0.25, -0.2) is 15.0 Å². The number of nitrogens with zero attached hydrogens (tertiary/aromatic N) is 7. The van der Waals surface area contributed by atoms with E-state index in [0.717, 1.165) is 53.9 Å². The number of β-amino-alcohol motifs (C(OH)–C–C–N with tert-alkyl or cyclic N) is 1. The third kappa shape index (κ3) is 4.95. The number of hydrogen-bond acceptors (Lipinski definition) is 9. The lowest BCUT2D eigenvalue weighted by atomic mass is 10.0. The summed E-state index contributed by atoms with van der Waals surface area (Å²) >= 11 is 0. The van der Waals surface area contributed by atoms with Crippen molar-refractivity contribution in [1.82, 2.24) is 34.6 Å². The molecule has 0 amide bonds. The van der Waals surface area contributed by atoms with Crippen molar-refractivity contribution >= 4 is 22.7 Å². The summed E-state index contributed by atoms with van der Waals surface area (Å²) in [6.45, 7) is 3.12. The third-order valence-electron chi connectivity index (χ3n) is 6.50. The molecular formula is C26H24F2N8O2. The zero-order valence-corrected chi connectivity index (χ0v) is 20.2. The lowest BCUT2D eigenvalue weighted by Gasteiger charge is -2.16. The topological polar surface area (TPSA) is 118 Å². The van der Waals surface area contributed by atoms with Gasteiger partial charge in [-0.05, 0) is 24.1 Å². The summed E-state index contributed by atoms with van der Waals surface area (Å²) in [6, 6.07) is 14.0. The number of likely N-dealkylation sites (tertiary alicyclic amines) is 1. The Morgan fingerprint density at radius 2 is 1.84 bits per heavy atom. The van der Waals surface area contributed by atoms with E-state index < -0.39 is 12.3 Å². The first kappa shape index (κ1) is 24.1. The molecular weight excluding hydrogens is 494 g/mol. The molecule has 12 heteroatoms. The van der Waals surface area contributed by atoms with Crippen LogP contribution in [-0.2, 0) is 6.54 Å². The van der Waals surface area contributed by atoms with Gasteiger partial charge in [-0.15, -0.1) is 10.2 Å². The van der Waals surface area contributed by atoms with Crippen LogP contribution in [0.4, 0.5) is 20.4 Å². The molecule has 4 heterocycles. The second-order valence-corrected chi connectivity index (χ2v) is 9.11. The number of nitrogens with one attached hydrogen (secondary N) is 1. The maximum Gasteiger partial charge on any atom is 0.314 e. The standard InChI is InChI=1S/C26H24F2N8O2/c27-23(28)25-34-33-24(38-25)17-12-29-26(30-13-17)32-18-10-20(16-4-2-1-3-5-16)22-21(11-18)36(15-31-22)9-8-35-7-6-19(37)14-35/h1-5,10-13,15,19,23,37H,6-9,14H2,(H,29,30,32). The van der Waals surface area contributed by atoms with Crippen molar-refractivity contribution < 1.29 is 18.3 Å². The van der Waals surface area contributed by atoms with Gasteiger partial charge < -0.3 is 19.4 Å². The van der Waals surface area contributed by atoms with Crippen LogP contribution in [-0.4, -0.2) is 65.5 Å². The van der Waals surface area contributed by atoms with E-state index in [0.29, 0.717) is 18.1 Å². The first-order valence-electron chi connectivity index (χ1n) is 12.2. The van der Waals surface area contributed by atoms with Crippen LogP contribution >= 0.6 is 0 Å². The molecule has 0 bridgehead atoms. The third-order valence-corrected chi connectivity index (χ3v) is 6.50. The second-order valence-electron chi connectivity index (χ2n) is 9.11. The van der Waals surface area contributed by atoms with Crippen molar-refractivity contribution in [1.29, 1.82) is 0 Å². The summed E-state index contributed by atoms with van der Waals surface area (Å²) in [6.07, 6.45) is 2.41. The van der Waals surface area contributed by atoms with Crippen molar-refractivity contribution in [2.24, 2.45) is 0 Å². The Balaban J connectivity index is 1.29. The van der Waals surface area contributed by atoms with Gasteiger partial charge in [-0.2, -0.15) is 8.78 Å². The van der Waals surface area contributed by atoms with E-state index in [9.17, 15) is 13.9 Å². The van der Waals surface area contributed by atoms with Gasteiger partial charge >= 0.3 is 6.43 Å². The van der Waals surface area contributed by atoms with Crippen molar-refractivity contribution in [2.75, 3.05) is 25.0 Å². The number of anilines is 2. The quantitative estimate of drug-likeness (QED) is 0.310. The Labute approximate surface area is 216 Å². The first-order chi connectivity index (χ1) is 18.5. The molecule has 194 valence electrons. The number of imidazole rings is 1. The van der Waals surface area contributed by atoms with Gasteiger partial charge in [0.25, 0.3) is 11.8 Å². The fourth-order valence-electron chi connectivity index (χ4n) is 4.59. The predicted octanol–water partition coefficient (Wildman–Crippen LogP) is 4.29. The van der Waals surface area contributed by atoms with E-state index in [1.54, 1.807) is 0 Å². The fraction of sp³-hybridized carbons (Fsp3) is 0.269. The van der Waals surface area contributed by atoms with Crippen molar-refractivity contribution in [3.8, 4) is 22.6 Å². The van der Waals surface area contributed by atoms with Gasteiger partial charge in [0, 0.05) is 49.8 Å². The van der Waals surface area contributed by atoms with Crippen molar-refractivity contribution in [2.45, 2.75) is 25.5 Å². The lowest BCUT2D eigenvalue weighted by Crippen LogP contribution is -2.26. The summed E-state index contributed by atoms with van der Waals surface area (Å²) in [4.78, 5) is 15.6. The molecule has 10 nitrogen and oxygen atoms in total. The molecule has 0 spiro atoms. The number of alkyl halides is 2. The van der Waals surface area contributed by atoms with Gasteiger partial charge in [0.2, 0.25) is 5.95 Å². The van der Waals surface area contributed by atoms with E-state index in [-0.39, 0.29) is 12.0 Å². The van der Waals surface area contributed by atoms with E-state index >= 15 is 0 Å². The zero-order chi connectivity index (χ0) is 26.1. The van der Waals surface area contributed by atoms with E-state index in [1.165, 1.54) is 12.4 Å². The minimum Gasteiger partial charge on any atom is -0.415 e. The Morgan fingerprint density at radius 3 is 2.55 bits per heavy atom. The SMILES string of the molecule is OC1CCN(CCn2cnc3c(-c4ccccc4)cc(Nc4ncc(-c5nnc(C(F)F)o5)cn4)cc32)C1. The van der Waals surface area contributed by atoms with E-state index in [1.807, 2.05) is 48.8 Å². The normalized spacial score (nSPS) is 16.1. The number of aromatic nitrogens is 6. The van der Waals surface area contributed by atoms with Gasteiger partial charge in [0.15, 0.2) is 0 Å². The van der Waals surface area contributed by atoms with Gasteiger partial charge in [-0.3, -0.25) is 4.90 Å². The van der Waals surface area contributed by atoms with Crippen LogP contribution in [0.2, 0.25) is 0 Å². The number of aliphatic hydroxyl groups excluding tert-OH is 1. The molecule has 2 aromatic carbocycles. The number of benzene rings is 2. The number of rotatable bonds is 8. The Bertz CT molecular complexity index is 1540. The summed E-state index contributed by atoms with van der Waals surface area (Å²) < 4.78 is 32.6. The van der Waals surface area contributed by atoms with Crippen molar-refractivity contribution in [3.63, 3.8) is 0 Å². The molecule has 1 saturated heterocycles. The molecule has 5 aromatic rings. The highest BCUT2D eigenvalue weighted by Crippen LogP contribution is 2.32. The average Bonchev–Trinajstić information content (AvgIpc) is 3.68. The Hall–Kier alpha value is -4.29. The number of aliphatic hydroxyl groups is 1. The maximum atomic E-state index is 12.8. The van der Waals surface area contributed by atoms with E-state index in [2.05, 4.69) is 34.9 Å². The molecule has 2 N–H and O–H groups in total. The predicted molar refractivity (Wildman–Crippen MR) is 136 cm³/mol. The highest BCUT2D eigenvalue weighted by molar-refractivity contribution is 5.95. The van der Waals surface area contributed by atoms with Gasteiger partial charge in [0.1, 0.15) is 0 Å². The second kappa shape index (κ2) is 10.2. The molecule has 0 saturated carbocycles. The average molecular weight is 519 g/mol. The van der Waals surface area contributed by atoms with E-state index in [4.69, 9.17) is 9.40 Å². The molecule has 0 aliphatic carbocycles. The Morgan fingerprint density at radius 1 is 1.03 bits per heavy atom. The van der Waals surface area contributed by atoms with Crippen molar-refractivity contribution in [3.05, 3.63) is 67.1 Å². The molecule has 1 fully saturated rings. The van der Waals surface area contributed by atoms with Crippen LogP contribution in [0.25, 0.3) is 33.6 Å². The van der Waals surface area contributed by atoms with Crippen LogP contribution in [0.1, 0.15) is 18.7 Å².